The second-order valence-electron chi connectivity index (χ2n) is 7.99. The van der Waals surface area contributed by atoms with Gasteiger partial charge in [-0.15, -0.1) is 0 Å². The first-order valence-corrected chi connectivity index (χ1v) is 13.4. The topological polar surface area (TPSA) is 77.4 Å². The van der Waals surface area contributed by atoms with Crippen molar-refractivity contribution in [2.45, 2.75) is 37.8 Å². The van der Waals surface area contributed by atoms with E-state index < -0.39 is 16.1 Å². The summed E-state index contributed by atoms with van der Waals surface area (Å²) in [6.45, 7) is 4.17. The Labute approximate surface area is 207 Å². The highest BCUT2D eigenvalue weighted by Crippen LogP contribution is 2.28. The van der Waals surface area contributed by atoms with Crippen LogP contribution in [0.5, 0.6) is 5.75 Å². The molecule has 0 amide bonds. The van der Waals surface area contributed by atoms with Crippen LogP contribution in [-0.2, 0) is 16.6 Å². The van der Waals surface area contributed by atoms with Crippen molar-refractivity contribution in [2.75, 3.05) is 7.11 Å². The number of nitrogens with one attached hydrogen (secondary N) is 1. The van der Waals surface area contributed by atoms with Gasteiger partial charge < -0.3 is 4.74 Å². The number of rotatable bonds is 8. The summed E-state index contributed by atoms with van der Waals surface area (Å²) >= 11 is 7.28. The summed E-state index contributed by atoms with van der Waals surface area (Å²) in [5, 5.41) is 0.580. The molecule has 0 fully saturated rings. The Kier molecular flexibility index (Phi) is 7.14. The molecule has 0 radical (unpaired) electrons. The predicted octanol–water partition coefficient (Wildman–Crippen LogP) is 5.51. The van der Waals surface area contributed by atoms with Gasteiger partial charge in [-0.1, -0.05) is 60.2 Å². The number of fused-ring (bicyclic) bond motifs is 1. The molecule has 1 N–H and O–H groups in total. The number of aryl methyl sites for hydroxylation is 1. The van der Waals surface area contributed by atoms with E-state index in [4.69, 9.17) is 16.3 Å². The lowest BCUT2D eigenvalue weighted by atomic mass is 10.0. The highest BCUT2D eigenvalue weighted by molar-refractivity contribution is 7.89. The largest absolute Gasteiger partial charge is 0.496 e. The van der Waals surface area contributed by atoms with Crippen molar-refractivity contribution < 1.29 is 13.2 Å². The van der Waals surface area contributed by atoms with Gasteiger partial charge in [-0.3, -0.25) is 9.36 Å². The standard InChI is InChI=1S/C25H25ClN2O4S2/c1-4-21(17-9-12-23(32-3)16(2)13-17)27-34(30,31)19-10-11-22-24(14-19)33-25(29)28(22)15-18-7-5-6-8-20(18)26/h5-14,21,27H,4,15H2,1-3H3. The zero-order chi connectivity index (χ0) is 24.5. The van der Waals surface area contributed by atoms with Crippen molar-refractivity contribution in [3.8, 4) is 5.75 Å². The number of ether oxygens (including phenoxy) is 1. The van der Waals surface area contributed by atoms with E-state index in [1.807, 2.05) is 50.2 Å². The van der Waals surface area contributed by atoms with E-state index in [1.54, 1.807) is 29.9 Å². The van der Waals surface area contributed by atoms with Crippen LogP contribution in [0.1, 0.15) is 36.1 Å². The fourth-order valence-corrected chi connectivity index (χ4v) is 6.45. The average molecular weight is 517 g/mol. The van der Waals surface area contributed by atoms with E-state index in [9.17, 15) is 13.2 Å². The van der Waals surface area contributed by atoms with E-state index in [0.29, 0.717) is 28.2 Å². The summed E-state index contributed by atoms with van der Waals surface area (Å²) in [6.07, 6.45) is 0.578. The summed E-state index contributed by atoms with van der Waals surface area (Å²) in [5.41, 5.74) is 3.29. The zero-order valence-corrected chi connectivity index (χ0v) is 21.4. The van der Waals surface area contributed by atoms with Gasteiger partial charge in [-0.05, 0) is 60.4 Å². The highest BCUT2D eigenvalue weighted by atomic mass is 35.5. The van der Waals surface area contributed by atoms with Crippen LogP contribution < -0.4 is 14.3 Å². The van der Waals surface area contributed by atoms with E-state index in [-0.39, 0.29) is 9.77 Å². The Morgan fingerprint density at radius 3 is 2.56 bits per heavy atom. The lowest BCUT2D eigenvalue weighted by Gasteiger charge is -2.19. The Bertz CT molecular complexity index is 1510. The molecule has 0 bridgehead atoms. The molecule has 4 aromatic rings. The average Bonchev–Trinajstić information content (AvgIpc) is 3.13. The summed E-state index contributed by atoms with van der Waals surface area (Å²) in [7, 11) is -2.21. The number of hydrogen-bond donors (Lipinski definition) is 1. The third-order valence-electron chi connectivity index (χ3n) is 5.76. The Morgan fingerprint density at radius 2 is 1.88 bits per heavy atom. The van der Waals surface area contributed by atoms with Crippen LogP contribution in [-0.4, -0.2) is 20.1 Å². The smallest absolute Gasteiger partial charge is 0.308 e. The molecule has 1 aromatic heterocycles. The van der Waals surface area contributed by atoms with E-state index >= 15 is 0 Å². The molecule has 34 heavy (non-hydrogen) atoms. The fraction of sp³-hybridized carbons (Fsp3) is 0.240. The molecule has 0 saturated heterocycles. The summed E-state index contributed by atoms with van der Waals surface area (Å²) in [5.74, 6) is 0.753. The number of methoxy groups -OCH3 is 1. The lowest BCUT2D eigenvalue weighted by molar-refractivity contribution is 0.411. The van der Waals surface area contributed by atoms with Crippen molar-refractivity contribution >= 4 is 43.2 Å². The molecule has 0 aliphatic carbocycles. The molecule has 1 heterocycles. The first-order chi connectivity index (χ1) is 16.2. The van der Waals surface area contributed by atoms with Crippen LogP contribution in [0.15, 0.2) is 70.4 Å². The normalized spacial score (nSPS) is 12.7. The molecule has 0 aliphatic heterocycles. The first kappa shape index (κ1) is 24.5. The number of benzene rings is 3. The first-order valence-electron chi connectivity index (χ1n) is 10.8. The van der Waals surface area contributed by atoms with Crippen LogP contribution >= 0.6 is 22.9 Å². The van der Waals surface area contributed by atoms with Gasteiger partial charge in [0.25, 0.3) is 0 Å². The third kappa shape index (κ3) is 4.90. The highest BCUT2D eigenvalue weighted by Gasteiger charge is 2.22. The van der Waals surface area contributed by atoms with Gasteiger partial charge in [0.05, 0.1) is 28.8 Å². The number of thiazole rings is 1. The van der Waals surface area contributed by atoms with Crippen molar-refractivity contribution in [1.82, 2.24) is 9.29 Å². The minimum atomic E-state index is -3.82. The molecule has 1 atom stereocenters. The fourth-order valence-electron chi connectivity index (χ4n) is 3.92. The van der Waals surface area contributed by atoms with Crippen molar-refractivity contribution in [3.05, 3.63) is 92.0 Å². The maximum absolute atomic E-state index is 13.2. The number of nitrogens with zero attached hydrogens (tertiary/aromatic N) is 1. The van der Waals surface area contributed by atoms with Gasteiger partial charge in [0, 0.05) is 11.1 Å². The molecule has 1 unspecified atom stereocenters. The van der Waals surface area contributed by atoms with Crippen molar-refractivity contribution in [1.29, 1.82) is 0 Å². The van der Waals surface area contributed by atoms with Crippen molar-refractivity contribution in [2.24, 2.45) is 0 Å². The zero-order valence-electron chi connectivity index (χ0n) is 19.0. The van der Waals surface area contributed by atoms with Crippen LogP contribution in [0.3, 0.4) is 0 Å². The summed E-state index contributed by atoms with van der Waals surface area (Å²) < 4.78 is 36.8. The number of halogens is 1. The second-order valence-corrected chi connectivity index (χ2v) is 11.1. The Morgan fingerprint density at radius 1 is 1.12 bits per heavy atom. The van der Waals surface area contributed by atoms with Crippen molar-refractivity contribution in [3.63, 3.8) is 0 Å². The molecule has 9 heteroatoms. The van der Waals surface area contributed by atoms with Gasteiger partial charge >= 0.3 is 4.87 Å². The van der Waals surface area contributed by atoms with Gasteiger partial charge in [0.15, 0.2) is 0 Å². The second kappa shape index (κ2) is 9.92. The molecule has 178 valence electrons. The molecule has 3 aromatic carbocycles. The number of aromatic nitrogens is 1. The lowest BCUT2D eigenvalue weighted by Crippen LogP contribution is -2.28. The number of sulfonamides is 1. The Balaban J connectivity index is 1.64. The van der Waals surface area contributed by atoms with Crippen LogP contribution in [0.2, 0.25) is 5.02 Å². The molecular weight excluding hydrogens is 492 g/mol. The quantitative estimate of drug-likeness (QED) is 0.335. The van der Waals surface area contributed by atoms with Gasteiger partial charge in [0.2, 0.25) is 10.0 Å². The molecule has 0 aliphatic rings. The summed E-state index contributed by atoms with van der Waals surface area (Å²) in [4.78, 5) is 12.6. The van der Waals surface area contributed by atoms with Crippen LogP contribution in [0.4, 0.5) is 0 Å². The molecule has 6 nitrogen and oxygen atoms in total. The minimum Gasteiger partial charge on any atom is -0.496 e. The van der Waals surface area contributed by atoms with Gasteiger partial charge in [-0.2, -0.15) is 0 Å². The van der Waals surface area contributed by atoms with Crippen LogP contribution in [0, 0.1) is 6.92 Å². The maximum Gasteiger partial charge on any atom is 0.308 e. The SMILES string of the molecule is CCC(NS(=O)(=O)c1ccc2c(c1)sc(=O)n2Cc1ccccc1Cl)c1ccc(OC)c(C)c1. The van der Waals surface area contributed by atoms with E-state index in [0.717, 1.165) is 33.8 Å². The Hall–Kier alpha value is -2.65. The van der Waals surface area contributed by atoms with Crippen LogP contribution in [0.25, 0.3) is 10.2 Å². The van der Waals surface area contributed by atoms with Gasteiger partial charge in [-0.25, -0.2) is 13.1 Å². The molecular formula is C25H25ClN2O4S2. The monoisotopic (exact) mass is 516 g/mol. The molecule has 0 spiro atoms. The summed E-state index contributed by atoms with van der Waals surface area (Å²) in [6, 6.07) is 17.4. The van der Waals surface area contributed by atoms with E-state index in [2.05, 4.69) is 4.72 Å². The predicted molar refractivity (Wildman–Crippen MR) is 138 cm³/mol. The molecule has 4 rings (SSSR count). The third-order valence-corrected chi connectivity index (χ3v) is 8.54. The maximum atomic E-state index is 13.2. The van der Waals surface area contributed by atoms with Gasteiger partial charge in [0.1, 0.15) is 5.75 Å². The minimum absolute atomic E-state index is 0.120. The van der Waals surface area contributed by atoms with E-state index in [1.165, 1.54) is 6.07 Å². The number of hydrogen-bond acceptors (Lipinski definition) is 5. The molecule has 0 saturated carbocycles.